The number of allylic oxidation sites excluding steroid dienone is 1. The van der Waals surface area contributed by atoms with E-state index in [-0.39, 0.29) is 35.5 Å². The van der Waals surface area contributed by atoms with Crippen molar-refractivity contribution in [1.82, 2.24) is 4.90 Å². The van der Waals surface area contributed by atoms with Crippen LogP contribution in [0.2, 0.25) is 6.32 Å². The number of amides is 2. The van der Waals surface area contributed by atoms with Crippen LogP contribution >= 0.6 is 0 Å². The molecule has 0 radical (unpaired) electrons. The number of benzene rings is 1. The van der Waals surface area contributed by atoms with E-state index in [1.165, 1.54) is 10.5 Å². The Labute approximate surface area is 214 Å². The van der Waals surface area contributed by atoms with Crippen molar-refractivity contribution in [2.75, 3.05) is 20.3 Å². The van der Waals surface area contributed by atoms with Crippen LogP contribution in [0.25, 0.3) is 6.08 Å². The van der Waals surface area contributed by atoms with Gasteiger partial charge in [-0.05, 0) is 73.2 Å². The Hall–Kier alpha value is -2.42. The first kappa shape index (κ1) is 26.6. The number of imide groups is 1. The molecule has 1 aliphatic carbocycles. The average Bonchev–Trinajstić information content (AvgIpc) is 3.09. The Bertz CT molecular complexity index is 1020. The van der Waals surface area contributed by atoms with E-state index in [9.17, 15) is 19.7 Å². The fourth-order valence-corrected chi connectivity index (χ4v) is 6.29. The van der Waals surface area contributed by atoms with Gasteiger partial charge >= 0.3 is 7.12 Å². The Morgan fingerprint density at radius 1 is 1.14 bits per heavy atom. The van der Waals surface area contributed by atoms with E-state index in [1.54, 1.807) is 19.2 Å². The molecule has 1 aromatic carbocycles. The summed E-state index contributed by atoms with van der Waals surface area (Å²) in [4.78, 5) is 27.9. The van der Waals surface area contributed by atoms with Crippen LogP contribution in [0.15, 0.2) is 41.0 Å². The minimum absolute atomic E-state index is 0.0842. The number of phenolic OH excluding ortho intramolecular Hbond substituents is 1. The lowest BCUT2D eigenvalue weighted by atomic mass is 9.58. The molecule has 0 spiro atoms. The van der Waals surface area contributed by atoms with Crippen molar-refractivity contribution in [3.05, 3.63) is 46.5 Å². The normalized spacial score (nSPS) is 26.5. The smallest absolute Gasteiger partial charge is 0.455 e. The largest absolute Gasteiger partial charge is 0.508 e. The van der Waals surface area contributed by atoms with Crippen molar-refractivity contribution in [1.29, 1.82) is 0 Å². The molecule has 1 aromatic rings. The molecule has 0 aromatic heterocycles. The number of nitrogens with zero attached hydrogens (tertiary/aromatic N) is 1. The number of rotatable bonds is 10. The molecule has 7 nitrogen and oxygen atoms in total. The maximum Gasteiger partial charge on any atom is 0.455 e. The van der Waals surface area contributed by atoms with Crippen molar-refractivity contribution in [2.24, 2.45) is 17.8 Å². The van der Waals surface area contributed by atoms with Crippen molar-refractivity contribution in [3.8, 4) is 5.75 Å². The van der Waals surface area contributed by atoms with E-state index in [0.717, 1.165) is 42.4 Å². The Balaban J connectivity index is 1.61. The number of ether oxygens (including phenoxy) is 1. The van der Waals surface area contributed by atoms with E-state index in [4.69, 9.17) is 9.39 Å². The van der Waals surface area contributed by atoms with Crippen molar-refractivity contribution in [2.45, 2.75) is 64.8 Å². The predicted octanol–water partition coefficient (Wildman–Crippen LogP) is 4.21. The fourth-order valence-electron chi connectivity index (χ4n) is 6.29. The number of likely N-dealkylation sites (tertiary alicyclic amines) is 1. The molecule has 2 N–H and O–H groups in total. The molecule has 4 rings (SSSR count). The van der Waals surface area contributed by atoms with Gasteiger partial charge in [-0.1, -0.05) is 44.1 Å². The van der Waals surface area contributed by atoms with Gasteiger partial charge in [0.25, 0.3) is 0 Å². The Morgan fingerprint density at radius 2 is 1.89 bits per heavy atom. The van der Waals surface area contributed by atoms with Crippen molar-refractivity contribution in [3.63, 3.8) is 0 Å². The average molecular weight is 495 g/mol. The van der Waals surface area contributed by atoms with Gasteiger partial charge in [-0.25, -0.2) is 0 Å². The number of hydrogen-bond acceptors (Lipinski definition) is 6. The van der Waals surface area contributed by atoms with Crippen LogP contribution in [0.4, 0.5) is 0 Å². The summed E-state index contributed by atoms with van der Waals surface area (Å²) < 4.78 is 11.6. The van der Waals surface area contributed by atoms with Crippen LogP contribution in [-0.2, 0) is 19.0 Å². The van der Waals surface area contributed by atoms with Gasteiger partial charge in [0.2, 0.25) is 11.8 Å². The maximum absolute atomic E-state index is 13.4. The number of hydrogen-bond donors (Lipinski definition) is 2. The summed E-state index contributed by atoms with van der Waals surface area (Å²) in [6.07, 6.45) is 6.80. The molecule has 0 unspecified atom stereocenters. The topological polar surface area (TPSA) is 96.3 Å². The minimum atomic E-state index is -0.967. The van der Waals surface area contributed by atoms with E-state index < -0.39 is 13.0 Å². The third kappa shape index (κ3) is 5.46. The standard InChI is InChI=1S/C28H38BNO6/c1-4-6-18(14-19-7-10-21(31)11-8-19)9-12-24-25-20(17-35-3)15-22-26(23(25)16-29(34)36-24)28(33)30(13-5-2)27(22)32/h7-8,10-11,14,22-24,26,31,34H,4-6,9,12-13,15-17H2,1-3H3/b18-14+/t22-,23+,24-,26-/m1/s1. The summed E-state index contributed by atoms with van der Waals surface area (Å²) in [5.74, 6) is -0.957. The molecule has 2 fully saturated rings. The number of carbonyl (C=O) groups is 2. The third-order valence-electron chi connectivity index (χ3n) is 7.73. The van der Waals surface area contributed by atoms with Crippen LogP contribution in [0.5, 0.6) is 5.75 Å². The maximum atomic E-state index is 13.4. The first-order valence-electron chi connectivity index (χ1n) is 13.3. The van der Waals surface area contributed by atoms with Gasteiger partial charge < -0.3 is 19.5 Å². The first-order valence-corrected chi connectivity index (χ1v) is 13.3. The Morgan fingerprint density at radius 3 is 2.56 bits per heavy atom. The SMILES string of the molecule is CCC/C(=C\c1ccc(O)cc1)CC[C@H]1OB(O)C[C@H]2C1=C(COC)C[C@H]1C(=O)N(CCC)C(=O)[C@H]12. The van der Waals surface area contributed by atoms with Crippen LogP contribution < -0.4 is 0 Å². The molecule has 2 aliphatic heterocycles. The zero-order valence-corrected chi connectivity index (χ0v) is 21.6. The number of aromatic hydroxyl groups is 1. The van der Waals surface area contributed by atoms with Gasteiger partial charge in [0, 0.05) is 13.7 Å². The Kier molecular flexibility index (Phi) is 8.70. The zero-order valence-electron chi connectivity index (χ0n) is 21.6. The highest BCUT2D eigenvalue weighted by Crippen LogP contribution is 2.50. The summed E-state index contributed by atoms with van der Waals surface area (Å²) in [5.41, 5.74) is 4.40. The minimum Gasteiger partial charge on any atom is -0.508 e. The summed E-state index contributed by atoms with van der Waals surface area (Å²) >= 11 is 0. The lowest BCUT2D eigenvalue weighted by Gasteiger charge is -2.43. The van der Waals surface area contributed by atoms with Crippen molar-refractivity contribution >= 4 is 25.0 Å². The van der Waals surface area contributed by atoms with Gasteiger partial charge in [0.15, 0.2) is 0 Å². The third-order valence-corrected chi connectivity index (χ3v) is 7.73. The lowest BCUT2D eigenvalue weighted by molar-refractivity contribution is -0.140. The molecule has 0 bridgehead atoms. The van der Waals surface area contributed by atoms with Crippen LogP contribution in [-0.4, -0.2) is 60.3 Å². The van der Waals surface area contributed by atoms with E-state index in [2.05, 4.69) is 13.0 Å². The molecule has 2 amide bonds. The van der Waals surface area contributed by atoms with E-state index in [1.807, 2.05) is 19.1 Å². The number of fused-ring (bicyclic) bond motifs is 3. The summed E-state index contributed by atoms with van der Waals surface area (Å²) in [7, 11) is 0.678. The summed E-state index contributed by atoms with van der Waals surface area (Å²) in [6, 6.07) is 7.16. The van der Waals surface area contributed by atoms with Crippen molar-refractivity contribution < 1.29 is 29.1 Å². The molecule has 0 saturated carbocycles. The molecule has 8 heteroatoms. The van der Waals surface area contributed by atoms with Gasteiger partial charge in [0.1, 0.15) is 5.75 Å². The molecule has 194 valence electrons. The second-order valence-electron chi connectivity index (χ2n) is 10.3. The summed E-state index contributed by atoms with van der Waals surface area (Å²) in [6.45, 7) is 4.95. The highest BCUT2D eigenvalue weighted by molar-refractivity contribution is 6.43. The zero-order chi connectivity index (χ0) is 25.8. The lowest BCUT2D eigenvalue weighted by Crippen LogP contribution is -2.46. The monoisotopic (exact) mass is 495 g/mol. The van der Waals surface area contributed by atoms with Crippen LogP contribution in [0.1, 0.15) is 57.9 Å². The quantitative estimate of drug-likeness (QED) is 0.287. The molecule has 36 heavy (non-hydrogen) atoms. The van der Waals surface area contributed by atoms with Gasteiger partial charge in [0.05, 0.1) is 24.5 Å². The molecule has 2 heterocycles. The number of phenols is 1. The van der Waals surface area contributed by atoms with Gasteiger partial charge in [-0.2, -0.15) is 0 Å². The van der Waals surface area contributed by atoms with E-state index in [0.29, 0.717) is 32.3 Å². The second-order valence-corrected chi connectivity index (χ2v) is 10.3. The van der Waals surface area contributed by atoms with Gasteiger partial charge in [-0.3, -0.25) is 14.5 Å². The van der Waals surface area contributed by atoms with Gasteiger partial charge in [-0.15, -0.1) is 0 Å². The fraction of sp³-hybridized carbons (Fsp3) is 0.571. The summed E-state index contributed by atoms with van der Waals surface area (Å²) in [5, 5.41) is 20.3. The molecular weight excluding hydrogens is 457 g/mol. The number of carbonyl (C=O) groups excluding carboxylic acids is 2. The van der Waals surface area contributed by atoms with Crippen LogP contribution in [0, 0.1) is 17.8 Å². The molecule has 4 atom stereocenters. The molecular formula is C28H38BNO6. The second kappa shape index (κ2) is 11.8. The highest BCUT2D eigenvalue weighted by atomic mass is 16.5. The van der Waals surface area contributed by atoms with E-state index >= 15 is 0 Å². The predicted molar refractivity (Wildman–Crippen MR) is 139 cm³/mol. The molecule has 2 saturated heterocycles. The molecule has 3 aliphatic rings. The first-order chi connectivity index (χ1) is 17.4. The highest BCUT2D eigenvalue weighted by Gasteiger charge is 2.57. The van der Waals surface area contributed by atoms with Crippen LogP contribution in [0.3, 0.4) is 0 Å². The number of methoxy groups -OCH3 is 1.